The molecule has 1 aromatic carbocycles. The van der Waals surface area contributed by atoms with E-state index in [9.17, 15) is 14.9 Å². The Morgan fingerprint density at radius 2 is 2.19 bits per heavy atom. The molecule has 0 aliphatic heterocycles. The van der Waals surface area contributed by atoms with Crippen LogP contribution in [0.5, 0.6) is 5.75 Å². The Balaban J connectivity index is 1.80. The number of nitro groups is 1. The zero-order valence-electron chi connectivity index (χ0n) is 11.9. The van der Waals surface area contributed by atoms with Crippen LogP contribution in [0.25, 0.3) is 0 Å². The second-order valence-electron chi connectivity index (χ2n) is 5.05. The van der Waals surface area contributed by atoms with Crippen LogP contribution in [-0.4, -0.2) is 30.5 Å². The van der Waals surface area contributed by atoms with Crippen molar-refractivity contribution in [3.05, 3.63) is 28.3 Å². The predicted molar refractivity (Wildman–Crippen MR) is 78.5 cm³/mol. The summed E-state index contributed by atoms with van der Waals surface area (Å²) in [6.07, 6.45) is 3.29. The quantitative estimate of drug-likeness (QED) is 0.435. The van der Waals surface area contributed by atoms with Crippen molar-refractivity contribution in [1.29, 1.82) is 0 Å². The highest BCUT2D eigenvalue weighted by molar-refractivity contribution is 5.76. The summed E-state index contributed by atoms with van der Waals surface area (Å²) in [7, 11) is 1.46. The van der Waals surface area contributed by atoms with Gasteiger partial charge in [0.2, 0.25) is 5.91 Å². The number of anilines is 1. The zero-order valence-corrected chi connectivity index (χ0v) is 11.9. The lowest BCUT2D eigenvalue weighted by Gasteiger charge is -2.08. The number of nitrogens with zero attached hydrogens (tertiary/aromatic N) is 1. The molecule has 2 N–H and O–H groups in total. The number of methoxy groups -OCH3 is 1. The molecule has 0 heterocycles. The van der Waals surface area contributed by atoms with Gasteiger partial charge >= 0.3 is 0 Å². The molecule has 1 fully saturated rings. The second-order valence-corrected chi connectivity index (χ2v) is 5.05. The third-order valence-corrected chi connectivity index (χ3v) is 3.19. The van der Waals surface area contributed by atoms with Gasteiger partial charge in [0, 0.05) is 36.8 Å². The van der Waals surface area contributed by atoms with Crippen molar-refractivity contribution in [1.82, 2.24) is 5.32 Å². The molecule has 0 bridgehead atoms. The molecule has 0 aromatic heterocycles. The Kier molecular flexibility index (Phi) is 4.97. The van der Waals surface area contributed by atoms with Crippen molar-refractivity contribution in [2.45, 2.75) is 31.7 Å². The minimum Gasteiger partial charge on any atom is -0.496 e. The second kappa shape index (κ2) is 6.92. The molecule has 7 heteroatoms. The van der Waals surface area contributed by atoms with Crippen LogP contribution >= 0.6 is 0 Å². The zero-order chi connectivity index (χ0) is 15.2. The predicted octanol–water partition coefficient (Wildman–Crippen LogP) is 2.07. The lowest BCUT2D eigenvalue weighted by Crippen LogP contribution is -2.25. The summed E-state index contributed by atoms with van der Waals surface area (Å²) in [6.45, 7) is 0.572. The number of non-ortho nitro benzene ring substituents is 1. The van der Waals surface area contributed by atoms with E-state index in [1.807, 2.05) is 0 Å². The third kappa shape index (κ3) is 4.94. The van der Waals surface area contributed by atoms with Crippen molar-refractivity contribution in [2.75, 3.05) is 19.0 Å². The monoisotopic (exact) mass is 293 g/mol. The van der Waals surface area contributed by atoms with Gasteiger partial charge in [0.15, 0.2) is 0 Å². The molecule has 1 aliphatic carbocycles. The van der Waals surface area contributed by atoms with Crippen LogP contribution in [0, 0.1) is 10.1 Å². The molecule has 1 saturated carbocycles. The van der Waals surface area contributed by atoms with E-state index in [0.29, 0.717) is 36.9 Å². The summed E-state index contributed by atoms with van der Waals surface area (Å²) in [4.78, 5) is 21.9. The van der Waals surface area contributed by atoms with Gasteiger partial charge in [-0.15, -0.1) is 0 Å². The first-order valence-corrected chi connectivity index (χ1v) is 6.95. The maximum atomic E-state index is 11.5. The molecule has 0 unspecified atom stereocenters. The number of benzene rings is 1. The first-order valence-electron chi connectivity index (χ1n) is 6.95. The van der Waals surface area contributed by atoms with Crippen molar-refractivity contribution >= 4 is 17.3 Å². The van der Waals surface area contributed by atoms with Crippen LogP contribution in [0.2, 0.25) is 0 Å². The van der Waals surface area contributed by atoms with E-state index in [-0.39, 0.29) is 11.6 Å². The molecule has 1 aliphatic rings. The summed E-state index contributed by atoms with van der Waals surface area (Å²) in [5, 5.41) is 16.8. The summed E-state index contributed by atoms with van der Waals surface area (Å²) in [5.74, 6) is 0.495. The number of nitro benzene ring substituents is 1. The molecule has 1 aromatic rings. The number of ether oxygens (including phenoxy) is 1. The Morgan fingerprint density at radius 1 is 1.43 bits per heavy atom. The molecule has 0 saturated heterocycles. The van der Waals surface area contributed by atoms with Gasteiger partial charge in [-0.05, 0) is 19.3 Å². The first kappa shape index (κ1) is 15.1. The lowest BCUT2D eigenvalue weighted by molar-refractivity contribution is -0.384. The maximum absolute atomic E-state index is 11.5. The molecule has 2 rings (SSSR count). The highest BCUT2D eigenvalue weighted by Gasteiger charge is 2.22. The Hall–Kier alpha value is -2.31. The van der Waals surface area contributed by atoms with Crippen LogP contribution in [-0.2, 0) is 4.79 Å². The smallest absolute Gasteiger partial charge is 0.275 e. The number of carbonyl (C=O) groups excluding carboxylic acids is 1. The Bertz CT molecular complexity index is 529. The highest BCUT2D eigenvalue weighted by Crippen LogP contribution is 2.25. The molecular weight excluding hydrogens is 274 g/mol. The van der Waals surface area contributed by atoms with Gasteiger partial charge in [-0.25, -0.2) is 0 Å². The largest absolute Gasteiger partial charge is 0.496 e. The van der Waals surface area contributed by atoms with Gasteiger partial charge in [-0.1, -0.05) is 0 Å². The van der Waals surface area contributed by atoms with Crippen LogP contribution < -0.4 is 15.4 Å². The number of carbonyl (C=O) groups is 1. The van der Waals surface area contributed by atoms with E-state index in [2.05, 4.69) is 10.6 Å². The molecular formula is C14H19N3O4. The number of amides is 1. The standard InChI is InChI=1S/C14H19N3O4/c1-21-13-8-11(7-12(9-13)17(19)20)15-6-2-3-14(18)16-10-4-5-10/h7-10,15H,2-6H2,1H3,(H,16,18). The summed E-state index contributed by atoms with van der Waals surface area (Å²) in [5.41, 5.74) is 0.590. The van der Waals surface area contributed by atoms with Crippen molar-refractivity contribution in [2.24, 2.45) is 0 Å². The van der Waals surface area contributed by atoms with Crippen LogP contribution in [0.3, 0.4) is 0 Å². The average Bonchev–Trinajstić information content (AvgIpc) is 3.27. The molecule has 0 radical (unpaired) electrons. The first-order chi connectivity index (χ1) is 10.1. The lowest BCUT2D eigenvalue weighted by atomic mass is 10.2. The van der Waals surface area contributed by atoms with E-state index in [1.54, 1.807) is 6.07 Å². The van der Waals surface area contributed by atoms with Crippen LogP contribution in [0.15, 0.2) is 18.2 Å². The van der Waals surface area contributed by atoms with Crippen molar-refractivity contribution in [3.63, 3.8) is 0 Å². The van der Waals surface area contributed by atoms with Crippen molar-refractivity contribution < 1.29 is 14.5 Å². The van der Waals surface area contributed by atoms with Crippen molar-refractivity contribution in [3.8, 4) is 5.75 Å². The number of rotatable bonds is 8. The Morgan fingerprint density at radius 3 is 2.81 bits per heavy atom. The number of hydrogen-bond acceptors (Lipinski definition) is 5. The van der Waals surface area contributed by atoms with E-state index in [4.69, 9.17) is 4.74 Å². The molecule has 21 heavy (non-hydrogen) atoms. The highest BCUT2D eigenvalue weighted by atomic mass is 16.6. The van der Waals surface area contributed by atoms with E-state index in [0.717, 1.165) is 12.8 Å². The van der Waals surface area contributed by atoms with Gasteiger partial charge in [0.05, 0.1) is 18.1 Å². The average molecular weight is 293 g/mol. The number of nitrogens with one attached hydrogen (secondary N) is 2. The topological polar surface area (TPSA) is 93.5 Å². The molecule has 7 nitrogen and oxygen atoms in total. The van der Waals surface area contributed by atoms with Gasteiger partial charge in [-0.3, -0.25) is 14.9 Å². The minimum atomic E-state index is -0.462. The maximum Gasteiger partial charge on any atom is 0.275 e. The molecule has 0 spiro atoms. The van der Waals surface area contributed by atoms with E-state index >= 15 is 0 Å². The number of hydrogen-bond donors (Lipinski definition) is 2. The fourth-order valence-electron chi connectivity index (χ4n) is 1.92. The molecule has 114 valence electrons. The van der Waals surface area contributed by atoms with Crippen LogP contribution in [0.4, 0.5) is 11.4 Å². The summed E-state index contributed by atoms with van der Waals surface area (Å²) >= 11 is 0. The van der Waals surface area contributed by atoms with E-state index in [1.165, 1.54) is 19.2 Å². The molecule has 0 atom stereocenters. The van der Waals surface area contributed by atoms with Gasteiger partial charge in [0.1, 0.15) is 5.75 Å². The minimum absolute atomic E-state index is 0.0247. The fraction of sp³-hybridized carbons (Fsp3) is 0.500. The normalized spacial score (nSPS) is 13.6. The fourth-order valence-corrected chi connectivity index (χ4v) is 1.92. The van der Waals surface area contributed by atoms with E-state index < -0.39 is 4.92 Å². The summed E-state index contributed by atoms with van der Waals surface area (Å²) in [6, 6.07) is 4.89. The molecule has 1 amide bonds. The van der Waals surface area contributed by atoms with Gasteiger partial charge in [0.25, 0.3) is 5.69 Å². The Labute approximate surface area is 122 Å². The van der Waals surface area contributed by atoms with Gasteiger partial charge < -0.3 is 15.4 Å². The van der Waals surface area contributed by atoms with Crippen LogP contribution in [0.1, 0.15) is 25.7 Å². The summed E-state index contributed by atoms with van der Waals surface area (Å²) < 4.78 is 5.03. The van der Waals surface area contributed by atoms with Gasteiger partial charge in [-0.2, -0.15) is 0 Å². The third-order valence-electron chi connectivity index (χ3n) is 3.19. The SMILES string of the molecule is COc1cc(NCCCC(=O)NC2CC2)cc([N+](=O)[O-])c1.